The topological polar surface area (TPSA) is 59.3 Å². The molecule has 5 heteroatoms. The smallest absolute Gasteiger partial charge is 0.308 e. The first-order valence-corrected chi connectivity index (χ1v) is 4.42. The molecule has 1 aromatic rings. The molecule has 0 radical (unpaired) electrons. The van der Waals surface area contributed by atoms with Crippen LogP contribution in [0, 0.1) is 11.3 Å². The molecule has 0 bridgehead atoms. The molecule has 0 unspecified atom stereocenters. The first kappa shape index (κ1) is 11.3. The summed E-state index contributed by atoms with van der Waals surface area (Å²) in [7, 11) is 1.40. The molecular weight excluding hydrogens is 218 g/mol. The number of benzene rings is 1. The lowest BCUT2D eigenvalue weighted by atomic mass is 10.2. The maximum absolute atomic E-state index is 10.8. The zero-order chi connectivity index (χ0) is 11.4. The molecule has 1 rings (SSSR count). The van der Waals surface area contributed by atoms with Gasteiger partial charge in [0.15, 0.2) is 11.5 Å². The number of hydrogen-bond acceptors (Lipinski definition) is 4. The molecule has 4 nitrogen and oxygen atoms in total. The van der Waals surface area contributed by atoms with Crippen LogP contribution < -0.4 is 9.47 Å². The molecule has 78 valence electrons. The number of esters is 1. The summed E-state index contributed by atoms with van der Waals surface area (Å²) in [6.45, 7) is 1.26. The fourth-order valence-corrected chi connectivity index (χ4v) is 1.28. The molecule has 0 aromatic heterocycles. The maximum Gasteiger partial charge on any atom is 0.308 e. The second-order valence-electron chi connectivity index (χ2n) is 2.69. The van der Waals surface area contributed by atoms with Gasteiger partial charge in [-0.05, 0) is 6.07 Å². The number of carbonyl (C=O) groups is 1. The van der Waals surface area contributed by atoms with Crippen molar-refractivity contribution in [1.29, 1.82) is 5.26 Å². The van der Waals surface area contributed by atoms with Crippen molar-refractivity contribution in [3.63, 3.8) is 0 Å². The van der Waals surface area contributed by atoms with E-state index >= 15 is 0 Å². The lowest BCUT2D eigenvalue weighted by Gasteiger charge is -2.09. The molecular formula is C10H8ClNO3. The molecule has 0 fully saturated rings. The summed E-state index contributed by atoms with van der Waals surface area (Å²) in [5.41, 5.74) is 0.341. The number of halogens is 1. The number of nitriles is 1. The molecule has 0 N–H and O–H groups in total. The molecule has 0 atom stereocenters. The Morgan fingerprint density at radius 1 is 1.53 bits per heavy atom. The second-order valence-corrected chi connectivity index (χ2v) is 3.10. The third-order valence-corrected chi connectivity index (χ3v) is 1.89. The van der Waals surface area contributed by atoms with Gasteiger partial charge in [0, 0.05) is 13.0 Å². The van der Waals surface area contributed by atoms with Gasteiger partial charge in [0.05, 0.1) is 23.8 Å². The standard InChI is InChI=1S/C10H8ClNO3/c1-6(13)15-10-8(11)3-7(5-12)4-9(10)14-2/h3-4H,1-2H3. The average Bonchev–Trinajstić information content (AvgIpc) is 2.20. The lowest BCUT2D eigenvalue weighted by Crippen LogP contribution is -2.03. The highest BCUT2D eigenvalue weighted by atomic mass is 35.5. The fourth-order valence-electron chi connectivity index (χ4n) is 1.03. The number of ether oxygens (including phenoxy) is 2. The maximum atomic E-state index is 10.8. The number of rotatable bonds is 2. The van der Waals surface area contributed by atoms with Gasteiger partial charge in [-0.15, -0.1) is 0 Å². The zero-order valence-electron chi connectivity index (χ0n) is 8.20. The van der Waals surface area contributed by atoms with Gasteiger partial charge in [0.1, 0.15) is 0 Å². The summed E-state index contributed by atoms with van der Waals surface area (Å²) < 4.78 is 9.82. The summed E-state index contributed by atoms with van der Waals surface area (Å²) >= 11 is 5.83. The SMILES string of the molecule is COc1cc(C#N)cc(Cl)c1OC(C)=O. The Hall–Kier alpha value is -1.73. The van der Waals surface area contributed by atoms with E-state index in [1.54, 1.807) is 0 Å². The van der Waals surface area contributed by atoms with Gasteiger partial charge in [-0.2, -0.15) is 5.26 Å². The number of methoxy groups -OCH3 is 1. The summed E-state index contributed by atoms with van der Waals surface area (Å²) in [5.74, 6) is -0.111. The van der Waals surface area contributed by atoms with E-state index < -0.39 is 5.97 Å². The van der Waals surface area contributed by atoms with Gasteiger partial charge in [-0.1, -0.05) is 11.6 Å². The van der Waals surface area contributed by atoms with Crippen molar-refractivity contribution in [2.75, 3.05) is 7.11 Å². The quantitative estimate of drug-likeness (QED) is 0.572. The Morgan fingerprint density at radius 2 is 2.20 bits per heavy atom. The Kier molecular flexibility index (Phi) is 3.53. The Labute approximate surface area is 92.0 Å². The van der Waals surface area contributed by atoms with Crippen LogP contribution in [-0.2, 0) is 4.79 Å². The van der Waals surface area contributed by atoms with E-state index in [1.165, 1.54) is 26.2 Å². The van der Waals surface area contributed by atoms with E-state index in [2.05, 4.69) is 0 Å². The zero-order valence-corrected chi connectivity index (χ0v) is 8.96. The van der Waals surface area contributed by atoms with Crippen LogP contribution in [0.25, 0.3) is 0 Å². The van der Waals surface area contributed by atoms with Gasteiger partial charge in [-0.3, -0.25) is 4.79 Å². The Morgan fingerprint density at radius 3 is 2.67 bits per heavy atom. The van der Waals surface area contributed by atoms with E-state index in [0.717, 1.165) is 0 Å². The molecule has 0 spiro atoms. The second kappa shape index (κ2) is 4.67. The largest absolute Gasteiger partial charge is 0.493 e. The summed E-state index contributed by atoms with van der Waals surface area (Å²) in [5, 5.41) is 8.85. The minimum atomic E-state index is -0.500. The van der Waals surface area contributed by atoms with E-state index in [0.29, 0.717) is 5.56 Å². The van der Waals surface area contributed by atoms with Crippen LogP contribution in [0.4, 0.5) is 0 Å². The normalized spacial score (nSPS) is 9.20. The summed E-state index contributed by atoms with van der Waals surface area (Å²) in [6, 6.07) is 4.77. The monoisotopic (exact) mass is 225 g/mol. The summed E-state index contributed by atoms with van der Waals surface area (Å²) in [6.07, 6.45) is 0. The van der Waals surface area contributed by atoms with Crippen molar-refractivity contribution >= 4 is 17.6 Å². The first-order valence-electron chi connectivity index (χ1n) is 4.04. The molecule has 0 saturated heterocycles. The van der Waals surface area contributed by atoms with E-state index in [-0.39, 0.29) is 16.5 Å². The van der Waals surface area contributed by atoms with Crippen LogP contribution in [0.5, 0.6) is 11.5 Å². The van der Waals surface area contributed by atoms with E-state index in [1.807, 2.05) is 6.07 Å². The molecule has 0 saturated carbocycles. The molecule has 0 aliphatic rings. The fraction of sp³-hybridized carbons (Fsp3) is 0.200. The van der Waals surface area contributed by atoms with Gasteiger partial charge >= 0.3 is 5.97 Å². The molecule has 15 heavy (non-hydrogen) atoms. The number of carbonyl (C=O) groups excluding carboxylic acids is 1. The van der Waals surface area contributed by atoms with Crippen LogP contribution in [0.3, 0.4) is 0 Å². The molecule has 0 amide bonds. The van der Waals surface area contributed by atoms with Crippen molar-refractivity contribution in [3.05, 3.63) is 22.7 Å². The highest BCUT2D eigenvalue weighted by molar-refractivity contribution is 6.32. The minimum Gasteiger partial charge on any atom is -0.493 e. The van der Waals surface area contributed by atoms with Crippen LogP contribution in [0.15, 0.2) is 12.1 Å². The van der Waals surface area contributed by atoms with E-state index in [9.17, 15) is 4.79 Å². The predicted molar refractivity (Wildman–Crippen MR) is 54.0 cm³/mol. The molecule has 1 aromatic carbocycles. The Balaban J connectivity index is 3.25. The van der Waals surface area contributed by atoms with Crippen LogP contribution >= 0.6 is 11.6 Å². The van der Waals surface area contributed by atoms with Crippen LogP contribution in [0.1, 0.15) is 12.5 Å². The van der Waals surface area contributed by atoms with Gasteiger partial charge in [0.2, 0.25) is 0 Å². The Bertz CT molecular complexity index is 437. The van der Waals surface area contributed by atoms with Crippen molar-refractivity contribution < 1.29 is 14.3 Å². The highest BCUT2D eigenvalue weighted by Gasteiger charge is 2.13. The molecule has 0 heterocycles. The van der Waals surface area contributed by atoms with Crippen molar-refractivity contribution in [1.82, 2.24) is 0 Å². The number of hydrogen-bond donors (Lipinski definition) is 0. The van der Waals surface area contributed by atoms with Crippen molar-refractivity contribution in [3.8, 4) is 17.6 Å². The van der Waals surface area contributed by atoms with Crippen LogP contribution in [0.2, 0.25) is 5.02 Å². The molecule has 0 aliphatic heterocycles. The number of nitrogens with zero attached hydrogens (tertiary/aromatic N) is 1. The van der Waals surface area contributed by atoms with Gasteiger partial charge < -0.3 is 9.47 Å². The highest BCUT2D eigenvalue weighted by Crippen LogP contribution is 2.36. The van der Waals surface area contributed by atoms with Crippen LogP contribution in [-0.4, -0.2) is 13.1 Å². The van der Waals surface area contributed by atoms with E-state index in [4.69, 9.17) is 26.3 Å². The molecule has 0 aliphatic carbocycles. The summed E-state index contributed by atoms with van der Waals surface area (Å²) in [4.78, 5) is 10.8. The first-order chi connectivity index (χ1) is 7.08. The lowest BCUT2D eigenvalue weighted by molar-refractivity contribution is -0.132. The van der Waals surface area contributed by atoms with Gasteiger partial charge in [-0.25, -0.2) is 0 Å². The average molecular weight is 226 g/mol. The van der Waals surface area contributed by atoms with Crippen molar-refractivity contribution in [2.24, 2.45) is 0 Å². The van der Waals surface area contributed by atoms with Crippen molar-refractivity contribution in [2.45, 2.75) is 6.92 Å². The predicted octanol–water partition coefficient (Wildman–Crippen LogP) is 2.15. The minimum absolute atomic E-state index is 0.130. The third kappa shape index (κ3) is 2.61. The third-order valence-electron chi connectivity index (χ3n) is 1.60. The van der Waals surface area contributed by atoms with Gasteiger partial charge in [0.25, 0.3) is 0 Å².